The van der Waals surface area contributed by atoms with Gasteiger partial charge < -0.3 is 10.0 Å². The first kappa shape index (κ1) is 15.8. The van der Waals surface area contributed by atoms with E-state index in [2.05, 4.69) is 0 Å². The monoisotopic (exact) mass is 309 g/mol. The first-order valence-electron chi connectivity index (χ1n) is 7.29. The Balaban J connectivity index is 1.77. The van der Waals surface area contributed by atoms with Gasteiger partial charge in [-0.05, 0) is 36.8 Å². The average Bonchev–Trinajstić information content (AvgIpc) is 2.93. The molecule has 1 aliphatic heterocycles. The number of benzene rings is 1. The summed E-state index contributed by atoms with van der Waals surface area (Å²) in [5.41, 5.74) is 0.995. The maximum atomic E-state index is 12.2. The van der Waals surface area contributed by atoms with E-state index in [-0.39, 0.29) is 12.3 Å². The number of hydrogen-bond donors (Lipinski definition) is 1. The second-order valence-electron chi connectivity index (χ2n) is 5.52. The molecule has 1 heterocycles. The number of carboxylic acids is 1. The van der Waals surface area contributed by atoms with Crippen LogP contribution in [0.3, 0.4) is 0 Å². The van der Waals surface area contributed by atoms with Gasteiger partial charge in [0.1, 0.15) is 0 Å². The standard InChI is InChI=1S/C16H20ClNO3/c17-14-4-2-1-3-13(14)6-7-15(19)18-10-9-12(11-18)5-8-16(20)21/h1-4,12H,5-11H2,(H,20,21). The molecule has 1 amide bonds. The molecule has 1 unspecified atom stereocenters. The predicted molar refractivity (Wildman–Crippen MR) is 81.3 cm³/mol. The van der Waals surface area contributed by atoms with Gasteiger partial charge in [0.2, 0.25) is 5.91 Å². The number of halogens is 1. The number of carboxylic acid groups (broad SMARTS) is 1. The van der Waals surface area contributed by atoms with Gasteiger partial charge in [-0.1, -0.05) is 29.8 Å². The van der Waals surface area contributed by atoms with Crippen molar-refractivity contribution >= 4 is 23.5 Å². The first-order chi connectivity index (χ1) is 10.1. The summed E-state index contributed by atoms with van der Waals surface area (Å²) in [5, 5.41) is 9.39. The maximum absolute atomic E-state index is 12.2. The molecule has 1 aromatic carbocycles. The topological polar surface area (TPSA) is 57.6 Å². The molecular weight excluding hydrogens is 290 g/mol. The minimum atomic E-state index is -0.765. The SMILES string of the molecule is O=C(O)CCC1CCN(C(=O)CCc2ccccc2Cl)C1. The van der Waals surface area contributed by atoms with E-state index in [0.717, 1.165) is 18.5 Å². The number of nitrogens with zero attached hydrogens (tertiary/aromatic N) is 1. The molecule has 0 saturated carbocycles. The van der Waals surface area contributed by atoms with Crippen LogP contribution >= 0.6 is 11.6 Å². The van der Waals surface area contributed by atoms with Crippen molar-refractivity contribution in [3.63, 3.8) is 0 Å². The van der Waals surface area contributed by atoms with Crippen molar-refractivity contribution in [3.05, 3.63) is 34.9 Å². The van der Waals surface area contributed by atoms with E-state index in [1.807, 2.05) is 29.2 Å². The van der Waals surface area contributed by atoms with Gasteiger partial charge in [-0.2, -0.15) is 0 Å². The quantitative estimate of drug-likeness (QED) is 0.879. The highest BCUT2D eigenvalue weighted by atomic mass is 35.5. The molecule has 1 atom stereocenters. The van der Waals surface area contributed by atoms with Crippen LogP contribution in [0, 0.1) is 5.92 Å². The summed E-state index contributed by atoms with van der Waals surface area (Å²) in [7, 11) is 0. The van der Waals surface area contributed by atoms with Gasteiger partial charge >= 0.3 is 5.97 Å². The molecule has 0 aromatic heterocycles. The Morgan fingerprint density at radius 3 is 2.76 bits per heavy atom. The van der Waals surface area contributed by atoms with Crippen LogP contribution in [-0.4, -0.2) is 35.0 Å². The lowest BCUT2D eigenvalue weighted by Crippen LogP contribution is -2.29. The van der Waals surface area contributed by atoms with Gasteiger partial charge in [0, 0.05) is 31.0 Å². The van der Waals surface area contributed by atoms with Crippen LogP contribution in [0.1, 0.15) is 31.2 Å². The average molecular weight is 310 g/mol. The third kappa shape index (κ3) is 4.74. The van der Waals surface area contributed by atoms with Crippen LogP contribution in [0.4, 0.5) is 0 Å². The summed E-state index contributed by atoms with van der Waals surface area (Å²) in [6.45, 7) is 1.43. The number of aliphatic carboxylic acids is 1. The van der Waals surface area contributed by atoms with Crippen molar-refractivity contribution in [2.45, 2.75) is 32.1 Å². The molecule has 4 nitrogen and oxygen atoms in total. The fraction of sp³-hybridized carbons (Fsp3) is 0.500. The van der Waals surface area contributed by atoms with E-state index >= 15 is 0 Å². The summed E-state index contributed by atoms with van der Waals surface area (Å²) < 4.78 is 0. The Labute approximate surface area is 129 Å². The Morgan fingerprint density at radius 1 is 1.29 bits per heavy atom. The molecule has 0 radical (unpaired) electrons. The highest BCUT2D eigenvalue weighted by Crippen LogP contribution is 2.23. The fourth-order valence-electron chi connectivity index (χ4n) is 2.72. The Morgan fingerprint density at radius 2 is 2.05 bits per heavy atom. The number of likely N-dealkylation sites (tertiary alicyclic amines) is 1. The van der Waals surface area contributed by atoms with E-state index in [1.54, 1.807) is 0 Å². The molecule has 1 fully saturated rings. The molecule has 2 rings (SSSR count). The third-order valence-electron chi connectivity index (χ3n) is 3.97. The first-order valence-corrected chi connectivity index (χ1v) is 7.67. The molecule has 114 valence electrons. The number of aryl methyl sites for hydroxylation is 1. The highest BCUT2D eigenvalue weighted by molar-refractivity contribution is 6.31. The molecule has 1 aromatic rings. The van der Waals surface area contributed by atoms with Crippen molar-refractivity contribution in [1.82, 2.24) is 4.90 Å². The summed E-state index contributed by atoms with van der Waals surface area (Å²) in [4.78, 5) is 24.6. The second-order valence-corrected chi connectivity index (χ2v) is 5.93. The zero-order valence-corrected chi connectivity index (χ0v) is 12.7. The fourth-order valence-corrected chi connectivity index (χ4v) is 2.95. The minimum absolute atomic E-state index is 0.132. The number of hydrogen-bond acceptors (Lipinski definition) is 2. The van der Waals surface area contributed by atoms with Crippen LogP contribution in [-0.2, 0) is 16.0 Å². The predicted octanol–water partition coefficient (Wildman–Crippen LogP) is 2.99. The van der Waals surface area contributed by atoms with Crippen LogP contribution < -0.4 is 0 Å². The largest absolute Gasteiger partial charge is 0.481 e. The van der Waals surface area contributed by atoms with Gasteiger partial charge in [0.25, 0.3) is 0 Å². The molecule has 1 aliphatic rings. The highest BCUT2D eigenvalue weighted by Gasteiger charge is 2.26. The van der Waals surface area contributed by atoms with Crippen LogP contribution in [0.5, 0.6) is 0 Å². The lowest BCUT2D eigenvalue weighted by molar-refractivity contribution is -0.137. The number of carbonyl (C=O) groups excluding carboxylic acids is 1. The molecule has 0 bridgehead atoms. The molecule has 1 N–H and O–H groups in total. The Hall–Kier alpha value is -1.55. The van der Waals surface area contributed by atoms with Gasteiger partial charge in [-0.3, -0.25) is 9.59 Å². The Kier molecular flexibility index (Phi) is 5.62. The molecule has 5 heteroatoms. The molecule has 21 heavy (non-hydrogen) atoms. The zero-order valence-electron chi connectivity index (χ0n) is 11.9. The summed E-state index contributed by atoms with van der Waals surface area (Å²) in [6.07, 6.45) is 2.85. The molecule has 0 spiro atoms. The number of rotatable bonds is 6. The van der Waals surface area contributed by atoms with E-state index in [0.29, 0.717) is 36.7 Å². The number of carbonyl (C=O) groups is 2. The van der Waals surface area contributed by atoms with Crippen molar-refractivity contribution in [1.29, 1.82) is 0 Å². The smallest absolute Gasteiger partial charge is 0.303 e. The second kappa shape index (κ2) is 7.46. The van der Waals surface area contributed by atoms with E-state index in [1.165, 1.54) is 0 Å². The van der Waals surface area contributed by atoms with E-state index in [9.17, 15) is 9.59 Å². The van der Waals surface area contributed by atoms with Crippen molar-refractivity contribution in [2.75, 3.05) is 13.1 Å². The summed E-state index contributed by atoms with van der Waals surface area (Å²) in [5.74, 6) is -0.309. The normalized spacial score (nSPS) is 18.0. The lowest BCUT2D eigenvalue weighted by Gasteiger charge is -2.16. The van der Waals surface area contributed by atoms with Gasteiger partial charge in [0.05, 0.1) is 0 Å². The molecule has 1 saturated heterocycles. The summed E-state index contributed by atoms with van der Waals surface area (Å²) in [6, 6.07) is 7.57. The van der Waals surface area contributed by atoms with Crippen LogP contribution in [0.2, 0.25) is 5.02 Å². The van der Waals surface area contributed by atoms with E-state index in [4.69, 9.17) is 16.7 Å². The third-order valence-corrected chi connectivity index (χ3v) is 4.34. The number of amides is 1. The minimum Gasteiger partial charge on any atom is -0.481 e. The van der Waals surface area contributed by atoms with Crippen molar-refractivity contribution in [3.8, 4) is 0 Å². The van der Waals surface area contributed by atoms with Gasteiger partial charge in [0.15, 0.2) is 0 Å². The van der Waals surface area contributed by atoms with Crippen LogP contribution in [0.25, 0.3) is 0 Å². The van der Waals surface area contributed by atoms with Crippen LogP contribution in [0.15, 0.2) is 24.3 Å². The van der Waals surface area contributed by atoms with Gasteiger partial charge in [-0.15, -0.1) is 0 Å². The lowest BCUT2D eigenvalue weighted by atomic mass is 10.0. The van der Waals surface area contributed by atoms with E-state index < -0.39 is 5.97 Å². The molecule has 0 aliphatic carbocycles. The van der Waals surface area contributed by atoms with Crippen molar-refractivity contribution in [2.24, 2.45) is 5.92 Å². The zero-order chi connectivity index (χ0) is 15.2. The van der Waals surface area contributed by atoms with Crippen molar-refractivity contribution < 1.29 is 14.7 Å². The molecular formula is C16H20ClNO3. The Bertz CT molecular complexity index is 518. The summed E-state index contributed by atoms with van der Waals surface area (Å²) >= 11 is 6.08. The maximum Gasteiger partial charge on any atom is 0.303 e. The van der Waals surface area contributed by atoms with Gasteiger partial charge in [-0.25, -0.2) is 0 Å².